The standard InChI is InChI=1S/C18H25N3O2/c1-2-19-18(23)21-12-10-20(11-13-21)17(22)16-9-5-7-14-6-3-4-8-15(14)16/h3-4,6,8,16H,2,5,7,9-13H2,1H3,(H,19,23). The van der Waals surface area contributed by atoms with Crippen LogP contribution in [0.15, 0.2) is 24.3 Å². The van der Waals surface area contributed by atoms with Gasteiger partial charge >= 0.3 is 6.03 Å². The van der Waals surface area contributed by atoms with E-state index in [1.165, 1.54) is 11.1 Å². The van der Waals surface area contributed by atoms with Crippen molar-refractivity contribution in [1.82, 2.24) is 15.1 Å². The van der Waals surface area contributed by atoms with Crippen molar-refractivity contribution in [3.8, 4) is 0 Å². The second kappa shape index (κ2) is 7.02. The van der Waals surface area contributed by atoms with Crippen molar-refractivity contribution in [2.75, 3.05) is 32.7 Å². The van der Waals surface area contributed by atoms with Gasteiger partial charge in [-0.05, 0) is 37.3 Å². The maximum absolute atomic E-state index is 12.9. The summed E-state index contributed by atoms with van der Waals surface area (Å²) in [5, 5.41) is 2.82. The van der Waals surface area contributed by atoms with Crippen molar-refractivity contribution in [2.24, 2.45) is 0 Å². The van der Waals surface area contributed by atoms with Crippen LogP contribution in [0.25, 0.3) is 0 Å². The summed E-state index contributed by atoms with van der Waals surface area (Å²) in [6, 6.07) is 8.29. The topological polar surface area (TPSA) is 52.7 Å². The van der Waals surface area contributed by atoms with Crippen molar-refractivity contribution in [1.29, 1.82) is 0 Å². The Balaban J connectivity index is 1.63. The molecule has 1 fully saturated rings. The molecule has 23 heavy (non-hydrogen) atoms. The Hall–Kier alpha value is -2.04. The molecule has 1 aromatic rings. The number of carbonyl (C=O) groups is 2. The largest absolute Gasteiger partial charge is 0.339 e. The molecule has 1 unspecified atom stereocenters. The lowest BCUT2D eigenvalue weighted by atomic mass is 9.82. The zero-order valence-electron chi connectivity index (χ0n) is 13.8. The number of hydrogen-bond acceptors (Lipinski definition) is 2. The van der Waals surface area contributed by atoms with Crippen LogP contribution in [0, 0.1) is 0 Å². The molecular formula is C18H25N3O2. The molecule has 1 atom stereocenters. The Labute approximate surface area is 137 Å². The van der Waals surface area contributed by atoms with Crippen LogP contribution >= 0.6 is 0 Å². The van der Waals surface area contributed by atoms with E-state index in [-0.39, 0.29) is 17.9 Å². The normalized spacial score (nSPS) is 20.8. The summed E-state index contributed by atoms with van der Waals surface area (Å²) in [4.78, 5) is 28.5. The van der Waals surface area contributed by atoms with Gasteiger partial charge in [-0.2, -0.15) is 0 Å². The van der Waals surface area contributed by atoms with Gasteiger partial charge in [0.15, 0.2) is 0 Å². The van der Waals surface area contributed by atoms with Crippen LogP contribution in [0.4, 0.5) is 4.79 Å². The zero-order valence-corrected chi connectivity index (χ0v) is 13.8. The Morgan fingerprint density at radius 3 is 2.57 bits per heavy atom. The van der Waals surface area contributed by atoms with Gasteiger partial charge in [0.1, 0.15) is 0 Å². The summed E-state index contributed by atoms with van der Waals surface area (Å²) in [7, 11) is 0. The number of amides is 3. The van der Waals surface area contributed by atoms with E-state index in [9.17, 15) is 9.59 Å². The predicted molar refractivity (Wildman–Crippen MR) is 89.3 cm³/mol. The van der Waals surface area contributed by atoms with Crippen molar-refractivity contribution >= 4 is 11.9 Å². The van der Waals surface area contributed by atoms with E-state index < -0.39 is 0 Å². The third-order valence-electron chi connectivity index (χ3n) is 4.87. The fourth-order valence-electron chi connectivity index (χ4n) is 3.62. The number of urea groups is 1. The van der Waals surface area contributed by atoms with Gasteiger partial charge in [-0.15, -0.1) is 0 Å². The van der Waals surface area contributed by atoms with Crippen LogP contribution in [0.5, 0.6) is 0 Å². The highest BCUT2D eigenvalue weighted by atomic mass is 16.2. The van der Waals surface area contributed by atoms with Gasteiger partial charge < -0.3 is 15.1 Å². The SMILES string of the molecule is CCNC(=O)N1CCN(C(=O)C2CCCc3ccccc32)CC1. The molecule has 1 aliphatic carbocycles. The van der Waals surface area contributed by atoms with Crippen LogP contribution in [-0.4, -0.2) is 54.5 Å². The second-order valence-corrected chi connectivity index (χ2v) is 6.29. The lowest BCUT2D eigenvalue weighted by Crippen LogP contribution is -2.54. The van der Waals surface area contributed by atoms with E-state index in [2.05, 4.69) is 23.5 Å². The van der Waals surface area contributed by atoms with Crippen LogP contribution in [0.1, 0.15) is 36.8 Å². The van der Waals surface area contributed by atoms with Crippen LogP contribution in [0.3, 0.4) is 0 Å². The number of aryl methyl sites for hydroxylation is 1. The van der Waals surface area contributed by atoms with Gasteiger partial charge in [0.2, 0.25) is 5.91 Å². The molecular weight excluding hydrogens is 290 g/mol. The number of piperazine rings is 1. The summed E-state index contributed by atoms with van der Waals surface area (Å²) in [6.07, 6.45) is 3.09. The van der Waals surface area contributed by atoms with Gasteiger partial charge in [-0.25, -0.2) is 4.79 Å². The first-order chi connectivity index (χ1) is 11.2. The first kappa shape index (κ1) is 15.8. The summed E-state index contributed by atoms with van der Waals surface area (Å²) in [6.45, 7) is 5.05. The number of nitrogens with one attached hydrogen (secondary N) is 1. The van der Waals surface area contributed by atoms with Crippen molar-refractivity contribution in [3.63, 3.8) is 0 Å². The minimum Gasteiger partial charge on any atom is -0.339 e. The van der Waals surface area contributed by atoms with Gasteiger partial charge in [0, 0.05) is 32.7 Å². The molecule has 1 heterocycles. The molecule has 0 bridgehead atoms. The van der Waals surface area contributed by atoms with Gasteiger partial charge in [0.05, 0.1) is 5.92 Å². The zero-order chi connectivity index (χ0) is 16.2. The number of hydrogen-bond donors (Lipinski definition) is 1. The predicted octanol–water partition coefficient (Wildman–Crippen LogP) is 1.98. The number of nitrogens with zero attached hydrogens (tertiary/aromatic N) is 2. The molecule has 2 aliphatic rings. The fraction of sp³-hybridized carbons (Fsp3) is 0.556. The summed E-state index contributed by atoms with van der Waals surface area (Å²) >= 11 is 0. The second-order valence-electron chi connectivity index (χ2n) is 6.29. The quantitative estimate of drug-likeness (QED) is 0.907. The highest BCUT2D eigenvalue weighted by Gasteiger charge is 2.32. The highest BCUT2D eigenvalue weighted by Crippen LogP contribution is 2.33. The molecule has 1 N–H and O–H groups in total. The summed E-state index contributed by atoms with van der Waals surface area (Å²) < 4.78 is 0. The minimum atomic E-state index is -0.0254. The van der Waals surface area contributed by atoms with Gasteiger partial charge in [-0.1, -0.05) is 24.3 Å². The fourth-order valence-corrected chi connectivity index (χ4v) is 3.62. The maximum Gasteiger partial charge on any atom is 0.317 e. The van der Waals surface area contributed by atoms with E-state index in [4.69, 9.17) is 0 Å². The Morgan fingerprint density at radius 2 is 1.83 bits per heavy atom. The lowest BCUT2D eigenvalue weighted by molar-refractivity contribution is -0.134. The molecule has 5 heteroatoms. The molecule has 0 aromatic heterocycles. The molecule has 0 spiro atoms. The van der Waals surface area contributed by atoms with E-state index in [0.717, 1.165) is 19.3 Å². The van der Waals surface area contributed by atoms with Crippen molar-refractivity contribution < 1.29 is 9.59 Å². The molecule has 1 saturated heterocycles. The van der Waals surface area contributed by atoms with E-state index in [0.29, 0.717) is 32.7 Å². The summed E-state index contributed by atoms with van der Waals surface area (Å²) in [5.74, 6) is 0.226. The minimum absolute atomic E-state index is 0.00373. The lowest BCUT2D eigenvalue weighted by Gasteiger charge is -2.37. The maximum atomic E-state index is 12.9. The smallest absolute Gasteiger partial charge is 0.317 e. The monoisotopic (exact) mass is 315 g/mol. The number of fused-ring (bicyclic) bond motifs is 1. The first-order valence-electron chi connectivity index (χ1n) is 8.60. The molecule has 5 nitrogen and oxygen atoms in total. The van der Waals surface area contributed by atoms with Crippen molar-refractivity contribution in [2.45, 2.75) is 32.1 Å². The molecule has 3 rings (SSSR count). The average Bonchev–Trinajstić information content (AvgIpc) is 2.61. The third kappa shape index (κ3) is 3.33. The highest BCUT2D eigenvalue weighted by molar-refractivity contribution is 5.85. The average molecular weight is 315 g/mol. The Bertz CT molecular complexity index is 579. The van der Waals surface area contributed by atoms with E-state index in [1.807, 2.05) is 17.9 Å². The van der Waals surface area contributed by atoms with Gasteiger partial charge in [0.25, 0.3) is 0 Å². The van der Waals surface area contributed by atoms with Crippen molar-refractivity contribution in [3.05, 3.63) is 35.4 Å². The van der Waals surface area contributed by atoms with Crippen LogP contribution in [-0.2, 0) is 11.2 Å². The summed E-state index contributed by atoms with van der Waals surface area (Å²) in [5.41, 5.74) is 2.52. The molecule has 1 aromatic carbocycles. The molecule has 124 valence electrons. The van der Waals surface area contributed by atoms with Crippen LogP contribution in [0.2, 0.25) is 0 Å². The molecule has 0 radical (unpaired) electrons. The first-order valence-corrected chi connectivity index (χ1v) is 8.60. The molecule has 3 amide bonds. The number of carbonyl (C=O) groups excluding carboxylic acids is 2. The van der Waals surface area contributed by atoms with Crippen LogP contribution < -0.4 is 5.32 Å². The number of benzene rings is 1. The molecule has 1 aliphatic heterocycles. The van der Waals surface area contributed by atoms with E-state index >= 15 is 0 Å². The Morgan fingerprint density at radius 1 is 1.13 bits per heavy atom. The number of rotatable bonds is 2. The van der Waals surface area contributed by atoms with E-state index in [1.54, 1.807) is 4.90 Å². The third-order valence-corrected chi connectivity index (χ3v) is 4.87. The Kier molecular flexibility index (Phi) is 4.84. The van der Waals surface area contributed by atoms with Gasteiger partial charge in [-0.3, -0.25) is 4.79 Å². The molecule has 0 saturated carbocycles.